The molecule has 2 nitrogen and oxygen atoms in total. The normalized spacial score (nSPS) is 16.5. The molecule has 2 heterocycles. The van der Waals surface area contributed by atoms with Gasteiger partial charge in [-0.25, -0.2) is 0 Å². The highest BCUT2D eigenvalue weighted by atomic mass is 35.5. The molecule has 0 radical (unpaired) electrons. The summed E-state index contributed by atoms with van der Waals surface area (Å²) in [4.78, 5) is 17.5. The number of carbonyl (C=O) groups excluding carboxylic acids is 1. The van der Waals surface area contributed by atoms with Crippen molar-refractivity contribution in [2.75, 3.05) is 5.75 Å². The number of carbonyl (C=O) groups is 1. The van der Waals surface area contributed by atoms with Gasteiger partial charge < -0.3 is 0 Å². The Kier molecular flexibility index (Phi) is 3.40. The van der Waals surface area contributed by atoms with Crippen molar-refractivity contribution in [3.05, 3.63) is 64.4 Å². The SMILES string of the molecule is O=C1C(=Cc2cccnc2)CSc2ccc(Cl)cc21. The molecule has 0 unspecified atom stereocenters. The van der Waals surface area contributed by atoms with Crippen molar-refractivity contribution in [2.45, 2.75) is 4.90 Å². The molecule has 1 aliphatic rings. The fourth-order valence-corrected chi connectivity index (χ4v) is 3.14. The number of thioether (sulfide) groups is 1. The molecule has 0 aliphatic carbocycles. The van der Waals surface area contributed by atoms with Crippen molar-refractivity contribution in [3.63, 3.8) is 0 Å². The lowest BCUT2D eigenvalue weighted by Gasteiger charge is -2.17. The van der Waals surface area contributed by atoms with Crippen molar-refractivity contribution >= 4 is 35.2 Å². The van der Waals surface area contributed by atoms with Gasteiger partial charge in [0.25, 0.3) is 0 Å². The molecular weight excluding hydrogens is 278 g/mol. The van der Waals surface area contributed by atoms with E-state index in [0.717, 1.165) is 16.0 Å². The van der Waals surface area contributed by atoms with Crippen LogP contribution in [0.25, 0.3) is 6.08 Å². The molecule has 3 rings (SSSR count). The Bertz CT molecular complexity index is 667. The summed E-state index contributed by atoms with van der Waals surface area (Å²) in [7, 11) is 0. The zero-order chi connectivity index (χ0) is 13.2. The summed E-state index contributed by atoms with van der Waals surface area (Å²) in [5, 5.41) is 0.593. The molecule has 2 aromatic rings. The minimum absolute atomic E-state index is 0.0557. The first kappa shape index (κ1) is 12.5. The van der Waals surface area contributed by atoms with E-state index in [2.05, 4.69) is 4.98 Å². The first-order valence-corrected chi connectivity index (χ1v) is 7.18. The number of Topliss-reactive ketones (excluding diaryl/α,β-unsaturated/α-hetero) is 1. The van der Waals surface area contributed by atoms with Crippen LogP contribution >= 0.6 is 23.4 Å². The van der Waals surface area contributed by atoms with Crippen LogP contribution < -0.4 is 0 Å². The second-order valence-corrected chi connectivity index (χ2v) is 5.67. The standard InChI is InChI=1S/C15H10ClNOS/c16-12-3-4-14-13(7-12)15(18)11(9-19-14)6-10-2-1-5-17-8-10/h1-8H,9H2. The van der Waals surface area contributed by atoms with Gasteiger partial charge in [0.2, 0.25) is 0 Å². The quantitative estimate of drug-likeness (QED) is 0.740. The van der Waals surface area contributed by atoms with Gasteiger partial charge in [-0.05, 0) is 35.9 Å². The van der Waals surface area contributed by atoms with Crippen molar-refractivity contribution in [3.8, 4) is 0 Å². The van der Waals surface area contributed by atoms with E-state index >= 15 is 0 Å². The van der Waals surface area contributed by atoms with Crippen LogP contribution in [-0.4, -0.2) is 16.5 Å². The third kappa shape index (κ3) is 2.57. The lowest BCUT2D eigenvalue weighted by molar-refractivity contribution is 0.103. The van der Waals surface area contributed by atoms with Gasteiger partial charge in [-0.3, -0.25) is 9.78 Å². The van der Waals surface area contributed by atoms with Crippen LogP contribution in [-0.2, 0) is 0 Å². The summed E-state index contributed by atoms with van der Waals surface area (Å²) in [5.41, 5.74) is 2.42. The number of benzene rings is 1. The molecule has 1 aromatic heterocycles. The van der Waals surface area contributed by atoms with Crippen LogP contribution in [0.15, 0.2) is 53.2 Å². The highest BCUT2D eigenvalue weighted by Gasteiger charge is 2.22. The highest BCUT2D eigenvalue weighted by Crippen LogP contribution is 2.34. The van der Waals surface area contributed by atoms with Gasteiger partial charge >= 0.3 is 0 Å². The zero-order valence-corrected chi connectivity index (χ0v) is 11.5. The van der Waals surface area contributed by atoms with Crippen molar-refractivity contribution in [1.29, 1.82) is 0 Å². The maximum Gasteiger partial charge on any atom is 0.191 e. The van der Waals surface area contributed by atoms with Crippen LogP contribution in [0, 0.1) is 0 Å². The van der Waals surface area contributed by atoms with Crippen molar-refractivity contribution in [2.24, 2.45) is 0 Å². The summed E-state index contributed by atoms with van der Waals surface area (Å²) < 4.78 is 0. The van der Waals surface area contributed by atoms with Gasteiger partial charge in [-0.2, -0.15) is 0 Å². The number of ketones is 1. The van der Waals surface area contributed by atoms with Crippen LogP contribution in [0.1, 0.15) is 15.9 Å². The molecule has 0 N–H and O–H groups in total. The molecule has 1 aliphatic heterocycles. The van der Waals surface area contributed by atoms with Gasteiger partial charge in [0.05, 0.1) is 0 Å². The van der Waals surface area contributed by atoms with E-state index in [0.29, 0.717) is 16.3 Å². The lowest BCUT2D eigenvalue weighted by atomic mass is 10.0. The zero-order valence-electron chi connectivity index (χ0n) is 9.97. The number of hydrogen-bond donors (Lipinski definition) is 0. The van der Waals surface area contributed by atoms with Crippen LogP contribution in [0.3, 0.4) is 0 Å². The second kappa shape index (κ2) is 5.19. The van der Waals surface area contributed by atoms with Gasteiger partial charge in [-0.15, -0.1) is 11.8 Å². The summed E-state index contributed by atoms with van der Waals surface area (Å²) in [6, 6.07) is 9.25. The number of hydrogen-bond acceptors (Lipinski definition) is 3. The fraction of sp³-hybridized carbons (Fsp3) is 0.0667. The van der Waals surface area contributed by atoms with Gasteiger partial charge in [0, 0.05) is 39.2 Å². The van der Waals surface area contributed by atoms with E-state index in [1.165, 1.54) is 0 Å². The maximum absolute atomic E-state index is 12.4. The van der Waals surface area contributed by atoms with E-state index in [1.54, 1.807) is 30.2 Å². The van der Waals surface area contributed by atoms with Crippen molar-refractivity contribution < 1.29 is 4.79 Å². The lowest BCUT2D eigenvalue weighted by Crippen LogP contribution is -2.12. The molecule has 4 heteroatoms. The highest BCUT2D eigenvalue weighted by molar-refractivity contribution is 7.99. The van der Waals surface area contributed by atoms with Crippen LogP contribution in [0.4, 0.5) is 0 Å². The summed E-state index contributed by atoms with van der Waals surface area (Å²) in [5.74, 6) is 0.739. The summed E-state index contributed by atoms with van der Waals surface area (Å²) in [6.45, 7) is 0. The van der Waals surface area contributed by atoms with E-state index in [4.69, 9.17) is 11.6 Å². The minimum atomic E-state index is 0.0557. The molecule has 1 aromatic carbocycles. The molecule has 0 fully saturated rings. The Morgan fingerprint density at radius 2 is 2.21 bits per heavy atom. The minimum Gasteiger partial charge on any atom is -0.289 e. The number of aromatic nitrogens is 1. The van der Waals surface area contributed by atoms with E-state index < -0.39 is 0 Å². The van der Waals surface area contributed by atoms with Crippen LogP contribution in [0.2, 0.25) is 5.02 Å². The first-order valence-electron chi connectivity index (χ1n) is 5.82. The van der Waals surface area contributed by atoms with E-state index in [1.807, 2.05) is 30.3 Å². The molecule has 0 amide bonds. The number of pyridine rings is 1. The predicted molar refractivity (Wildman–Crippen MR) is 78.7 cm³/mol. The average molecular weight is 288 g/mol. The maximum atomic E-state index is 12.4. The molecule has 0 saturated carbocycles. The summed E-state index contributed by atoms with van der Waals surface area (Å²) in [6.07, 6.45) is 5.36. The molecule has 0 bridgehead atoms. The smallest absolute Gasteiger partial charge is 0.191 e. The number of rotatable bonds is 1. The Morgan fingerprint density at radius 3 is 3.00 bits per heavy atom. The van der Waals surface area contributed by atoms with Crippen molar-refractivity contribution in [1.82, 2.24) is 4.98 Å². The molecular formula is C15H10ClNOS. The first-order chi connectivity index (χ1) is 9.24. The summed E-state index contributed by atoms with van der Waals surface area (Å²) >= 11 is 7.62. The number of halogens is 1. The largest absolute Gasteiger partial charge is 0.289 e. The Hall–Kier alpha value is -1.58. The second-order valence-electron chi connectivity index (χ2n) is 4.21. The van der Waals surface area contributed by atoms with Gasteiger partial charge in [-0.1, -0.05) is 17.7 Å². The van der Waals surface area contributed by atoms with Gasteiger partial charge in [0.1, 0.15) is 0 Å². The molecule has 0 atom stereocenters. The fourth-order valence-electron chi connectivity index (χ4n) is 1.97. The monoisotopic (exact) mass is 287 g/mol. The Labute approximate surface area is 120 Å². The molecule has 0 saturated heterocycles. The Balaban J connectivity index is 2.00. The average Bonchev–Trinajstić information content (AvgIpc) is 2.44. The molecule has 0 spiro atoms. The van der Waals surface area contributed by atoms with Crippen LogP contribution in [0.5, 0.6) is 0 Å². The molecule has 19 heavy (non-hydrogen) atoms. The number of fused-ring (bicyclic) bond motifs is 1. The molecule has 94 valence electrons. The third-order valence-corrected chi connectivity index (χ3v) is 4.24. The number of nitrogens with zero attached hydrogens (tertiary/aromatic N) is 1. The predicted octanol–water partition coefficient (Wildman–Crippen LogP) is 4.11. The van der Waals surface area contributed by atoms with Gasteiger partial charge in [0.15, 0.2) is 5.78 Å². The third-order valence-electron chi connectivity index (χ3n) is 2.89. The van der Waals surface area contributed by atoms with E-state index in [9.17, 15) is 4.79 Å². The van der Waals surface area contributed by atoms with E-state index in [-0.39, 0.29) is 5.78 Å². The Morgan fingerprint density at radius 1 is 1.32 bits per heavy atom. The topological polar surface area (TPSA) is 30.0 Å².